The van der Waals surface area contributed by atoms with Crippen molar-refractivity contribution in [1.29, 1.82) is 0 Å². The zero-order chi connectivity index (χ0) is 17.6. The van der Waals surface area contributed by atoms with Crippen molar-refractivity contribution in [2.24, 2.45) is 0 Å². The third-order valence-electron chi connectivity index (χ3n) is 3.25. The van der Waals surface area contributed by atoms with E-state index in [4.69, 9.17) is 21.1 Å². The standard InChI is InChI=1S/C18H15ClN2O3S/c1-12-16(25-17(21-12)15-7-2-3-8-20-15)18(22)24-10-9-23-14-6-4-5-13(19)11-14/h2-8,11H,9-10H2,1H3. The quantitative estimate of drug-likeness (QED) is 0.472. The van der Waals surface area contributed by atoms with Crippen LogP contribution in [0.25, 0.3) is 10.7 Å². The average Bonchev–Trinajstić information content (AvgIpc) is 3.01. The Labute approximate surface area is 154 Å². The van der Waals surface area contributed by atoms with Crippen LogP contribution in [0.4, 0.5) is 0 Å². The maximum absolute atomic E-state index is 12.2. The molecule has 0 atom stereocenters. The molecule has 0 fully saturated rings. The van der Waals surface area contributed by atoms with Crippen molar-refractivity contribution in [3.63, 3.8) is 0 Å². The van der Waals surface area contributed by atoms with Crippen molar-refractivity contribution in [3.8, 4) is 16.5 Å². The first kappa shape index (κ1) is 17.4. The van der Waals surface area contributed by atoms with E-state index in [0.717, 1.165) is 5.69 Å². The summed E-state index contributed by atoms with van der Waals surface area (Å²) in [5.74, 6) is 0.224. The van der Waals surface area contributed by atoms with Crippen LogP contribution in [0, 0.1) is 6.92 Å². The molecule has 3 rings (SSSR count). The van der Waals surface area contributed by atoms with Gasteiger partial charge in [-0.1, -0.05) is 23.7 Å². The molecule has 0 unspecified atom stereocenters. The first-order valence-electron chi connectivity index (χ1n) is 7.58. The van der Waals surface area contributed by atoms with Crippen molar-refractivity contribution < 1.29 is 14.3 Å². The number of thiazole rings is 1. The molecule has 0 aliphatic rings. The summed E-state index contributed by atoms with van der Waals surface area (Å²) >= 11 is 7.15. The first-order chi connectivity index (χ1) is 12.1. The number of halogens is 1. The minimum Gasteiger partial charge on any atom is -0.490 e. The van der Waals surface area contributed by atoms with E-state index in [1.165, 1.54) is 11.3 Å². The fourth-order valence-corrected chi connectivity index (χ4v) is 3.22. The molecule has 0 amide bonds. The van der Waals surface area contributed by atoms with Gasteiger partial charge in [0.25, 0.3) is 0 Å². The number of nitrogens with zero attached hydrogens (tertiary/aromatic N) is 2. The molecule has 128 valence electrons. The Morgan fingerprint density at radius 1 is 1.20 bits per heavy atom. The Bertz CT molecular complexity index is 868. The third kappa shape index (κ3) is 4.55. The number of hydrogen-bond acceptors (Lipinski definition) is 6. The van der Waals surface area contributed by atoms with Gasteiger partial charge in [-0.05, 0) is 37.3 Å². The van der Waals surface area contributed by atoms with E-state index in [0.29, 0.717) is 26.4 Å². The lowest BCUT2D eigenvalue weighted by molar-refractivity contribution is 0.0455. The Morgan fingerprint density at radius 3 is 2.84 bits per heavy atom. The number of benzene rings is 1. The van der Waals surface area contributed by atoms with Gasteiger partial charge in [0.2, 0.25) is 0 Å². The molecule has 0 aliphatic heterocycles. The lowest BCUT2D eigenvalue weighted by Gasteiger charge is -2.07. The summed E-state index contributed by atoms with van der Waals surface area (Å²) in [6, 6.07) is 12.6. The largest absolute Gasteiger partial charge is 0.490 e. The Balaban J connectivity index is 1.56. The number of aromatic nitrogens is 2. The van der Waals surface area contributed by atoms with Crippen LogP contribution < -0.4 is 4.74 Å². The van der Waals surface area contributed by atoms with Gasteiger partial charge >= 0.3 is 5.97 Å². The summed E-state index contributed by atoms with van der Waals surface area (Å²) in [6.45, 7) is 2.17. The maximum Gasteiger partial charge on any atom is 0.350 e. The molecular formula is C18H15ClN2O3S. The SMILES string of the molecule is Cc1nc(-c2ccccn2)sc1C(=O)OCCOc1cccc(Cl)c1. The fraction of sp³-hybridized carbons (Fsp3) is 0.167. The predicted octanol–water partition coefficient (Wildman–Crippen LogP) is 4.40. The van der Waals surface area contributed by atoms with Crippen LogP contribution >= 0.6 is 22.9 Å². The van der Waals surface area contributed by atoms with Crippen LogP contribution in [0.5, 0.6) is 5.75 Å². The second-order valence-corrected chi connectivity index (χ2v) is 6.53. The fourth-order valence-electron chi connectivity index (χ4n) is 2.10. The molecule has 0 saturated carbocycles. The van der Waals surface area contributed by atoms with Crippen LogP contribution in [-0.2, 0) is 4.74 Å². The Hall–Kier alpha value is -2.44. The van der Waals surface area contributed by atoms with Crippen molar-refractivity contribution in [3.05, 3.63) is 64.3 Å². The van der Waals surface area contributed by atoms with Crippen molar-refractivity contribution in [2.75, 3.05) is 13.2 Å². The van der Waals surface area contributed by atoms with E-state index >= 15 is 0 Å². The van der Waals surface area contributed by atoms with Crippen LogP contribution in [-0.4, -0.2) is 29.2 Å². The summed E-state index contributed by atoms with van der Waals surface area (Å²) in [4.78, 5) is 21.3. The van der Waals surface area contributed by atoms with Crippen LogP contribution in [0.1, 0.15) is 15.4 Å². The smallest absolute Gasteiger partial charge is 0.350 e. The van der Waals surface area contributed by atoms with E-state index < -0.39 is 5.97 Å². The molecule has 7 heteroatoms. The number of carbonyl (C=O) groups is 1. The van der Waals surface area contributed by atoms with E-state index in [-0.39, 0.29) is 13.2 Å². The predicted molar refractivity (Wildman–Crippen MR) is 97.3 cm³/mol. The molecule has 0 radical (unpaired) electrons. The van der Waals surface area contributed by atoms with Crippen LogP contribution in [0.2, 0.25) is 5.02 Å². The lowest BCUT2D eigenvalue weighted by atomic mass is 10.3. The number of rotatable bonds is 6. The molecule has 3 aromatic rings. The van der Waals surface area contributed by atoms with Crippen LogP contribution in [0.15, 0.2) is 48.7 Å². The van der Waals surface area contributed by atoms with Crippen molar-refractivity contribution >= 4 is 28.9 Å². The van der Waals surface area contributed by atoms with E-state index in [9.17, 15) is 4.79 Å². The molecule has 1 aromatic carbocycles. The molecule has 25 heavy (non-hydrogen) atoms. The molecule has 0 aliphatic carbocycles. The van der Waals surface area contributed by atoms with Crippen LogP contribution in [0.3, 0.4) is 0 Å². The average molecular weight is 375 g/mol. The van der Waals surface area contributed by atoms with Gasteiger partial charge in [-0.2, -0.15) is 0 Å². The highest BCUT2D eigenvalue weighted by Gasteiger charge is 2.18. The van der Waals surface area contributed by atoms with Gasteiger partial charge in [-0.3, -0.25) is 4.98 Å². The topological polar surface area (TPSA) is 61.3 Å². The second-order valence-electron chi connectivity index (χ2n) is 5.09. The molecule has 0 bridgehead atoms. The molecule has 2 aromatic heterocycles. The van der Waals surface area contributed by atoms with Gasteiger partial charge in [-0.25, -0.2) is 9.78 Å². The summed E-state index contributed by atoms with van der Waals surface area (Å²) in [5.41, 5.74) is 1.37. The second kappa shape index (κ2) is 8.09. The molecule has 5 nitrogen and oxygen atoms in total. The molecular weight excluding hydrogens is 360 g/mol. The summed E-state index contributed by atoms with van der Waals surface area (Å²) in [5, 5.41) is 1.29. The molecule has 0 N–H and O–H groups in total. The zero-order valence-electron chi connectivity index (χ0n) is 13.4. The van der Waals surface area contributed by atoms with E-state index in [1.807, 2.05) is 18.2 Å². The molecule has 0 spiro atoms. The number of ether oxygens (including phenoxy) is 2. The minimum absolute atomic E-state index is 0.140. The summed E-state index contributed by atoms with van der Waals surface area (Å²) in [7, 11) is 0. The van der Waals surface area contributed by atoms with E-state index in [1.54, 1.807) is 37.4 Å². The highest BCUT2D eigenvalue weighted by molar-refractivity contribution is 7.17. The number of hydrogen-bond donors (Lipinski definition) is 0. The minimum atomic E-state index is -0.410. The zero-order valence-corrected chi connectivity index (χ0v) is 15.0. The lowest BCUT2D eigenvalue weighted by Crippen LogP contribution is -2.12. The maximum atomic E-state index is 12.2. The normalized spacial score (nSPS) is 10.5. The van der Waals surface area contributed by atoms with Gasteiger partial charge in [-0.15, -0.1) is 11.3 Å². The van der Waals surface area contributed by atoms with Crippen molar-refractivity contribution in [1.82, 2.24) is 9.97 Å². The Kier molecular flexibility index (Phi) is 5.63. The van der Waals surface area contributed by atoms with Gasteiger partial charge < -0.3 is 9.47 Å². The number of pyridine rings is 1. The molecule has 2 heterocycles. The first-order valence-corrected chi connectivity index (χ1v) is 8.77. The molecule has 0 saturated heterocycles. The van der Waals surface area contributed by atoms with Gasteiger partial charge in [0.05, 0.1) is 11.4 Å². The highest BCUT2D eigenvalue weighted by atomic mass is 35.5. The van der Waals surface area contributed by atoms with E-state index in [2.05, 4.69) is 9.97 Å². The number of carbonyl (C=O) groups excluding carboxylic acids is 1. The van der Waals surface area contributed by atoms with Gasteiger partial charge in [0.1, 0.15) is 28.8 Å². The highest BCUT2D eigenvalue weighted by Crippen LogP contribution is 2.26. The number of esters is 1. The summed E-state index contributed by atoms with van der Waals surface area (Å²) < 4.78 is 10.8. The number of aryl methyl sites for hydroxylation is 1. The monoisotopic (exact) mass is 374 g/mol. The van der Waals surface area contributed by atoms with Crippen molar-refractivity contribution in [2.45, 2.75) is 6.92 Å². The Morgan fingerprint density at radius 2 is 2.08 bits per heavy atom. The summed E-state index contributed by atoms with van der Waals surface area (Å²) in [6.07, 6.45) is 1.69. The van der Waals surface area contributed by atoms with Gasteiger partial charge in [0, 0.05) is 11.2 Å². The van der Waals surface area contributed by atoms with Gasteiger partial charge in [0.15, 0.2) is 0 Å². The third-order valence-corrected chi connectivity index (χ3v) is 4.64.